The molecule has 2 aromatic heterocycles. The minimum Gasteiger partial charge on any atom is -0.391 e. The maximum absolute atomic E-state index is 12.0. The van der Waals surface area contributed by atoms with Crippen LogP contribution in [0, 0.1) is 5.92 Å². The summed E-state index contributed by atoms with van der Waals surface area (Å²) in [6.07, 6.45) is 10.7. The molecule has 2 N–H and O–H groups in total. The Bertz CT molecular complexity index is 598. The Morgan fingerprint density at radius 2 is 2.22 bits per heavy atom. The molecule has 1 saturated carbocycles. The van der Waals surface area contributed by atoms with Gasteiger partial charge in [0.25, 0.3) is 0 Å². The number of hydrogen-bond donors (Lipinski definition) is 2. The molecule has 8 heteroatoms. The van der Waals surface area contributed by atoms with Crippen molar-refractivity contribution >= 4 is 5.91 Å². The predicted octanol–water partition coefficient (Wildman–Crippen LogP) is 0.211. The molecule has 1 unspecified atom stereocenters. The number of rotatable bonds is 7. The van der Waals surface area contributed by atoms with E-state index in [1.165, 1.54) is 6.33 Å². The number of nitrogens with one attached hydrogen (secondary N) is 1. The SMILES string of the molecule is O=C(CCCn1cncn1)N[C@@H]1CC(Cn2ccnc2)C[C@H]1O. The minimum absolute atomic E-state index is 0.0163. The van der Waals surface area contributed by atoms with Crippen molar-refractivity contribution in [2.75, 3.05) is 0 Å². The summed E-state index contributed by atoms with van der Waals surface area (Å²) in [6.45, 7) is 1.50. The molecule has 1 aliphatic rings. The summed E-state index contributed by atoms with van der Waals surface area (Å²) in [5.41, 5.74) is 0. The van der Waals surface area contributed by atoms with Gasteiger partial charge in [-0.05, 0) is 25.2 Å². The molecule has 3 rings (SSSR count). The smallest absolute Gasteiger partial charge is 0.220 e. The van der Waals surface area contributed by atoms with Gasteiger partial charge in [-0.2, -0.15) is 5.10 Å². The molecular formula is C15H22N6O2. The predicted molar refractivity (Wildman–Crippen MR) is 82.1 cm³/mol. The van der Waals surface area contributed by atoms with E-state index < -0.39 is 6.10 Å². The lowest BCUT2D eigenvalue weighted by atomic mass is 10.1. The van der Waals surface area contributed by atoms with Gasteiger partial charge in [0.1, 0.15) is 12.7 Å². The third kappa shape index (κ3) is 4.38. The summed E-state index contributed by atoms with van der Waals surface area (Å²) in [6, 6.07) is -0.151. The molecule has 1 amide bonds. The maximum atomic E-state index is 12.0. The van der Waals surface area contributed by atoms with Crippen LogP contribution in [0.15, 0.2) is 31.4 Å². The van der Waals surface area contributed by atoms with Crippen molar-refractivity contribution in [2.45, 2.75) is 50.9 Å². The first-order valence-corrected chi connectivity index (χ1v) is 7.96. The van der Waals surface area contributed by atoms with Crippen LogP contribution in [0.4, 0.5) is 0 Å². The van der Waals surface area contributed by atoms with Crippen LogP contribution in [0.5, 0.6) is 0 Å². The molecule has 0 aliphatic heterocycles. The Labute approximate surface area is 134 Å². The number of aliphatic hydroxyl groups is 1. The zero-order chi connectivity index (χ0) is 16.1. The highest BCUT2D eigenvalue weighted by Crippen LogP contribution is 2.27. The Morgan fingerprint density at radius 3 is 2.96 bits per heavy atom. The highest BCUT2D eigenvalue weighted by molar-refractivity contribution is 5.76. The first kappa shape index (κ1) is 15.7. The average Bonchev–Trinajstić information content (AvgIpc) is 3.24. The molecule has 3 atom stereocenters. The van der Waals surface area contributed by atoms with Crippen LogP contribution in [0.1, 0.15) is 25.7 Å². The largest absolute Gasteiger partial charge is 0.391 e. The van der Waals surface area contributed by atoms with Gasteiger partial charge in [-0.1, -0.05) is 0 Å². The van der Waals surface area contributed by atoms with Crippen molar-refractivity contribution < 1.29 is 9.90 Å². The monoisotopic (exact) mass is 318 g/mol. The number of amides is 1. The van der Waals surface area contributed by atoms with Gasteiger partial charge >= 0.3 is 0 Å². The van der Waals surface area contributed by atoms with Crippen molar-refractivity contribution in [1.82, 2.24) is 29.6 Å². The molecule has 0 aromatic carbocycles. The number of nitrogens with zero attached hydrogens (tertiary/aromatic N) is 5. The number of imidazole rings is 1. The molecule has 8 nitrogen and oxygen atoms in total. The lowest BCUT2D eigenvalue weighted by Crippen LogP contribution is -2.39. The van der Waals surface area contributed by atoms with Gasteiger partial charge < -0.3 is 15.0 Å². The van der Waals surface area contributed by atoms with Crippen molar-refractivity contribution in [3.05, 3.63) is 31.4 Å². The second-order valence-electron chi connectivity index (χ2n) is 6.10. The molecule has 124 valence electrons. The number of carbonyl (C=O) groups is 1. The van der Waals surface area contributed by atoms with E-state index in [1.54, 1.807) is 23.5 Å². The van der Waals surface area contributed by atoms with E-state index in [4.69, 9.17) is 0 Å². The first-order valence-electron chi connectivity index (χ1n) is 7.96. The molecule has 1 aliphatic carbocycles. The summed E-state index contributed by atoms with van der Waals surface area (Å²) < 4.78 is 3.72. The van der Waals surface area contributed by atoms with Crippen LogP contribution in [-0.4, -0.2) is 47.5 Å². The fraction of sp³-hybridized carbons (Fsp3) is 0.600. The van der Waals surface area contributed by atoms with Gasteiger partial charge in [0, 0.05) is 31.9 Å². The summed E-state index contributed by atoms with van der Waals surface area (Å²) in [7, 11) is 0. The van der Waals surface area contributed by atoms with E-state index in [0.29, 0.717) is 31.7 Å². The van der Waals surface area contributed by atoms with Gasteiger partial charge in [0.15, 0.2) is 0 Å². The summed E-state index contributed by atoms with van der Waals surface area (Å²) in [4.78, 5) is 19.9. The van der Waals surface area contributed by atoms with E-state index in [0.717, 1.165) is 13.0 Å². The molecule has 23 heavy (non-hydrogen) atoms. The third-order valence-corrected chi connectivity index (χ3v) is 4.26. The molecule has 2 heterocycles. The van der Waals surface area contributed by atoms with E-state index >= 15 is 0 Å². The van der Waals surface area contributed by atoms with Gasteiger partial charge in [0.2, 0.25) is 5.91 Å². The Hall–Kier alpha value is -2.22. The van der Waals surface area contributed by atoms with Gasteiger partial charge in [-0.15, -0.1) is 0 Å². The van der Waals surface area contributed by atoms with Crippen LogP contribution in [0.3, 0.4) is 0 Å². The van der Waals surface area contributed by atoms with E-state index in [-0.39, 0.29) is 11.9 Å². The quantitative estimate of drug-likeness (QED) is 0.760. The zero-order valence-corrected chi connectivity index (χ0v) is 13.0. The van der Waals surface area contributed by atoms with E-state index in [9.17, 15) is 9.90 Å². The highest BCUT2D eigenvalue weighted by Gasteiger charge is 2.33. The number of aryl methyl sites for hydroxylation is 1. The summed E-state index contributed by atoms with van der Waals surface area (Å²) in [5, 5.41) is 17.1. The van der Waals surface area contributed by atoms with Crippen molar-refractivity contribution in [3.63, 3.8) is 0 Å². The fourth-order valence-corrected chi connectivity index (χ4v) is 3.14. The van der Waals surface area contributed by atoms with E-state index in [1.807, 2.05) is 10.8 Å². The fourth-order valence-electron chi connectivity index (χ4n) is 3.14. The normalized spacial score (nSPS) is 24.0. The lowest BCUT2D eigenvalue weighted by molar-refractivity contribution is -0.122. The van der Waals surface area contributed by atoms with Crippen molar-refractivity contribution in [2.24, 2.45) is 5.92 Å². The van der Waals surface area contributed by atoms with Crippen molar-refractivity contribution in [3.8, 4) is 0 Å². The molecule has 0 saturated heterocycles. The van der Waals surface area contributed by atoms with Gasteiger partial charge in [-0.25, -0.2) is 9.97 Å². The minimum atomic E-state index is -0.470. The lowest BCUT2D eigenvalue weighted by Gasteiger charge is -2.16. The van der Waals surface area contributed by atoms with Gasteiger partial charge in [0.05, 0.1) is 18.5 Å². The molecular weight excluding hydrogens is 296 g/mol. The Morgan fingerprint density at radius 1 is 1.30 bits per heavy atom. The van der Waals surface area contributed by atoms with Crippen LogP contribution in [-0.2, 0) is 17.9 Å². The summed E-state index contributed by atoms with van der Waals surface area (Å²) in [5.74, 6) is 0.345. The van der Waals surface area contributed by atoms with Crippen LogP contribution in [0.2, 0.25) is 0 Å². The standard InChI is InChI=1S/C15H22N6O2/c22-14-7-12(8-20-5-3-16-10-20)6-13(14)19-15(23)2-1-4-21-11-17-9-18-21/h3,5,9-14,22H,1-2,4,6-8H2,(H,19,23)/t12?,13-,14-/m1/s1. The van der Waals surface area contributed by atoms with Crippen LogP contribution in [0.25, 0.3) is 0 Å². The second-order valence-corrected chi connectivity index (χ2v) is 6.10. The number of hydrogen-bond acceptors (Lipinski definition) is 5. The topological polar surface area (TPSA) is 97.9 Å². The van der Waals surface area contributed by atoms with Gasteiger partial charge in [-0.3, -0.25) is 9.48 Å². The van der Waals surface area contributed by atoms with E-state index in [2.05, 4.69) is 20.4 Å². The van der Waals surface area contributed by atoms with Crippen LogP contribution < -0.4 is 5.32 Å². The molecule has 0 spiro atoms. The molecule has 0 radical (unpaired) electrons. The molecule has 0 bridgehead atoms. The Kier molecular flexibility index (Phi) is 5.02. The molecule has 1 fully saturated rings. The number of aliphatic hydroxyl groups excluding tert-OH is 1. The average molecular weight is 318 g/mol. The third-order valence-electron chi connectivity index (χ3n) is 4.26. The van der Waals surface area contributed by atoms with Crippen molar-refractivity contribution in [1.29, 1.82) is 0 Å². The number of carbonyl (C=O) groups excluding carboxylic acids is 1. The Balaban J connectivity index is 1.39. The molecule has 2 aromatic rings. The second kappa shape index (κ2) is 7.36. The van der Waals surface area contributed by atoms with Crippen LogP contribution >= 0.6 is 0 Å². The maximum Gasteiger partial charge on any atom is 0.220 e. The number of aromatic nitrogens is 5. The summed E-state index contributed by atoms with van der Waals surface area (Å²) >= 11 is 0. The zero-order valence-electron chi connectivity index (χ0n) is 13.0. The first-order chi connectivity index (χ1) is 11.2. The highest BCUT2D eigenvalue weighted by atomic mass is 16.3.